The highest BCUT2D eigenvalue weighted by Gasteiger charge is 2.17. The summed E-state index contributed by atoms with van der Waals surface area (Å²) in [6.07, 6.45) is 1.01. The van der Waals surface area contributed by atoms with Gasteiger partial charge in [-0.2, -0.15) is 0 Å². The van der Waals surface area contributed by atoms with Crippen molar-refractivity contribution < 1.29 is 8.78 Å². The highest BCUT2D eigenvalue weighted by molar-refractivity contribution is 5.05. The minimum Gasteiger partial charge on any atom is -0.202 e. The molecule has 0 aromatic heterocycles. The molecule has 0 atom stereocenters. The molecule has 0 aromatic carbocycles. The molecule has 0 aliphatic carbocycles. The highest BCUT2D eigenvalue weighted by atomic mass is 19.3. The van der Waals surface area contributed by atoms with Crippen LogP contribution in [0.3, 0.4) is 0 Å². The van der Waals surface area contributed by atoms with E-state index in [2.05, 4.69) is 0 Å². The van der Waals surface area contributed by atoms with Crippen LogP contribution in [0.2, 0.25) is 0 Å². The Morgan fingerprint density at radius 3 is 1.90 bits per heavy atom. The largest absolute Gasteiger partial charge is 0.264 e. The molecule has 0 aliphatic heterocycles. The highest BCUT2D eigenvalue weighted by Crippen LogP contribution is 2.19. The van der Waals surface area contributed by atoms with Crippen LogP contribution in [0.15, 0.2) is 11.6 Å². The van der Waals surface area contributed by atoms with E-state index in [1.807, 2.05) is 13.8 Å². The number of halogens is 2. The van der Waals surface area contributed by atoms with E-state index in [1.165, 1.54) is 0 Å². The molecule has 0 fully saturated rings. The van der Waals surface area contributed by atoms with Crippen LogP contribution in [-0.2, 0) is 0 Å². The fourth-order valence-corrected chi connectivity index (χ4v) is 0.566. The number of hydrogen-bond donors (Lipinski definition) is 0. The second kappa shape index (κ2) is 3.13. The van der Waals surface area contributed by atoms with Crippen molar-refractivity contribution in [2.75, 3.05) is 0 Å². The second-order valence-electron chi connectivity index (χ2n) is 3.00. The van der Waals surface area contributed by atoms with Gasteiger partial charge in [0, 0.05) is 6.92 Å². The van der Waals surface area contributed by atoms with Gasteiger partial charge in [-0.05, 0) is 18.9 Å². The van der Waals surface area contributed by atoms with Crippen LogP contribution in [0.5, 0.6) is 0 Å². The van der Waals surface area contributed by atoms with Crippen LogP contribution < -0.4 is 0 Å². The Hall–Kier alpha value is -0.400. The first-order valence-electron chi connectivity index (χ1n) is 3.40. The van der Waals surface area contributed by atoms with Crippen molar-refractivity contribution in [1.82, 2.24) is 0 Å². The molecule has 0 heterocycles. The maximum Gasteiger partial charge on any atom is 0.264 e. The lowest BCUT2D eigenvalue weighted by molar-refractivity contribution is 0.0760. The molecule has 10 heavy (non-hydrogen) atoms. The molecule has 60 valence electrons. The molecule has 0 aromatic rings. The molecule has 0 radical (unpaired) electrons. The topological polar surface area (TPSA) is 0 Å². The van der Waals surface area contributed by atoms with E-state index in [4.69, 9.17) is 0 Å². The third-order valence-corrected chi connectivity index (χ3v) is 1.39. The smallest absolute Gasteiger partial charge is 0.202 e. The van der Waals surface area contributed by atoms with Gasteiger partial charge in [0.1, 0.15) is 0 Å². The monoisotopic (exact) mass is 148 g/mol. The standard InChI is InChI=1S/C8H14F2/c1-6(2)7(3)5-8(4,9)10/h5-6H,1-4H3/b7-5-. The van der Waals surface area contributed by atoms with E-state index in [9.17, 15) is 8.78 Å². The average molecular weight is 148 g/mol. The van der Waals surface area contributed by atoms with Crippen LogP contribution >= 0.6 is 0 Å². The summed E-state index contributed by atoms with van der Waals surface area (Å²) < 4.78 is 24.5. The maximum absolute atomic E-state index is 12.3. The van der Waals surface area contributed by atoms with Gasteiger partial charge in [-0.25, -0.2) is 8.78 Å². The molecule has 0 bridgehead atoms. The van der Waals surface area contributed by atoms with E-state index >= 15 is 0 Å². The summed E-state index contributed by atoms with van der Waals surface area (Å²) in [5.74, 6) is -2.44. The molecule has 0 N–H and O–H groups in total. The Morgan fingerprint density at radius 2 is 1.80 bits per heavy atom. The van der Waals surface area contributed by atoms with Gasteiger partial charge in [0.25, 0.3) is 5.92 Å². The molecule has 0 unspecified atom stereocenters. The summed E-state index contributed by atoms with van der Waals surface area (Å²) in [6.45, 7) is 6.43. The van der Waals surface area contributed by atoms with Gasteiger partial charge in [-0.1, -0.05) is 19.4 Å². The summed E-state index contributed by atoms with van der Waals surface area (Å²) in [7, 11) is 0. The second-order valence-corrected chi connectivity index (χ2v) is 3.00. The van der Waals surface area contributed by atoms with Gasteiger partial charge < -0.3 is 0 Å². The van der Waals surface area contributed by atoms with Gasteiger partial charge in [-0.15, -0.1) is 0 Å². The van der Waals surface area contributed by atoms with Gasteiger partial charge in [0.05, 0.1) is 0 Å². The zero-order chi connectivity index (χ0) is 8.36. The zero-order valence-corrected chi connectivity index (χ0v) is 6.91. The Labute approximate surface area is 60.9 Å². The van der Waals surface area contributed by atoms with Crippen molar-refractivity contribution >= 4 is 0 Å². The summed E-state index contributed by atoms with van der Waals surface area (Å²) >= 11 is 0. The molecule has 0 saturated carbocycles. The lowest BCUT2D eigenvalue weighted by Crippen LogP contribution is -2.06. The van der Waals surface area contributed by atoms with E-state index < -0.39 is 5.92 Å². The van der Waals surface area contributed by atoms with Crippen molar-refractivity contribution in [3.8, 4) is 0 Å². The Bertz CT molecular complexity index is 129. The lowest BCUT2D eigenvalue weighted by atomic mass is 10.0. The molecular formula is C8H14F2. The first-order chi connectivity index (χ1) is 4.33. The molecule has 0 spiro atoms. The van der Waals surface area contributed by atoms with Gasteiger partial charge in [-0.3, -0.25) is 0 Å². The first-order valence-corrected chi connectivity index (χ1v) is 3.40. The minimum absolute atomic E-state index is 0.214. The number of rotatable bonds is 2. The summed E-state index contributed by atoms with van der Waals surface area (Å²) in [4.78, 5) is 0. The van der Waals surface area contributed by atoms with Crippen LogP contribution in [0, 0.1) is 5.92 Å². The van der Waals surface area contributed by atoms with Crippen LogP contribution in [0.25, 0.3) is 0 Å². The van der Waals surface area contributed by atoms with Gasteiger partial charge in [0.15, 0.2) is 0 Å². The van der Waals surface area contributed by atoms with Gasteiger partial charge >= 0.3 is 0 Å². The maximum atomic E-state index is 12.3. The molecule has 0 rings (SSSR count). The van der Waals surface area contributed by atoms with Crippen molar-refractivity contribution in [2.24, 2.45) is 5.92 Å². The predicted octanol–water partition coefficient (Wildman–Crippen LogP) is 3.24. The van der Waals surface area contributed by atoms with E-state index in [-0.39, 0.29) is 5.92 Å². The van der Waals surface area contributed by atoms with Crippen LogP contribution in [0.1, 0.15) is 27.7 Å². The molecule has 0 aliphatic rings. The quantitative estimate of drug-likeness (QED) is 0.527. The summed E-state index contributed by atoms with van der Waals surface area (Å²) in [5.41, 5.74) is 0.743. The van der Waals surface area contributed by atoms with Crippen molar-refractivity contribution in [3.05, 3.63) is 11.6 Å². The SMILES string of the molecule is C/C(=C/C(C)(F)F)C(C)C. The van der Waals surface area contributed by atoms with E-state index in [0.29, 0.717) is 0 Å². The Morgan fingerprint density at radius 1 is 1.40 bits per heavy atom. The predicted molar refractivity (Wildman–Crippen MR) is 39.2 cm³/mol. The first kappa shape index (κ1) is 9.60. The molecule has 0 nitrogen and oxygen atoms in total. The molecule has 0 amide bonds. The zero-order valence-electron chi connectivity index (χ0n) is 6.91. The third-order valence-electron chi connectivity index (χ3n) is 1.39. The fourth-order valence-electron chi connectivity index (χ4n) is 0.566. The summed E-state index contributed by atoms with van der Waals surface area (Å²) in [5, 5.41) is 0. The Kier molecular flexibility index (Phi) is 3.00. The van der Waals surface area contributed by atoms with Crippen molar-refractivity contribution in [3.63, 3.8) is 0 Å². The lowest BCUT2D eigenvalue weighted by Gasteiger charge is -2.09. The Balaban J connectivity index is 4.17. The normalized spacial score (nSPS) is 14.5. The molecule has 2 heteroatoms. The van der Waals surface area contributed by atoms with Gasteiger partial charge in [0.2, 0.25) is 0 Å². The van der Waals surface area contributed by atoms with Crippen LogP contribution in [-0.4, -0.2) is 5.92 Å². The van der Waals surface area contributed by atoms with Crippen molar-refractivity contribution in [1.29, 1.82) is 0 Å². The number of alkyl halides is 2. The minimum atomic E-state index is -2.66. The molecular weight excluding hydrogens is 134 g/mol. The number of hydrogen-bond acceptors (Lipinski definition) is 0. The van der Waals surface area contributed by atoms with E-state index in [0.717, 1.165) is 18.6 Å². The third kappa shape index (κ3) is 4.48. The van der Waals surface area contributed by atoms with Crippen molar-refractivity contribution in [2.45, 2.75) is 33.6 Å². The molecule has 0 saturated heterocycles. The fraction of sp³-hybridized carbons (Fsp3) is 0.750. The van der Waals surface area contributed by atoms with E-state index in [1.54, 1.807) is 6.92 Å². The number of allylic oxidation sites excluding steroid dienone is 2. The van der Waals surface area contributed by atoms with Crippen LogP contribution in [0.4, 0.5) is 8.78 Å². The summed E-state index contributed by atoms with van der Waals surface area (Å²) in [6, 6.07) is 0. The average Bonchev–Trinajstić information content (AvgIpc) is 1.60.